The molecule has 8 heteroatoms. The van der Waals surface area contributed by atoms with Gasteiger partial charge in [0.25, 0.3) is 0 Å². The molecule has 0 spiro atoms. The first kappa shape index (κ1) is 13.9. The Balaban J connectivity index is 2.04. The number of aromatic nitrogens is 2. The van der Waals surface area contributed by atoms with E-state index < -0.39 is 11.9 Å². The van der Waals surface area contributed by atoms with Gasteiger partial charge in [-0.25, -0.2) is 9.97 Å². The highest BCUT2D eigenvalue weighted by molar-refractivity contribution is 5.55. The van der Waals surface area contributed by atoms with Gasteiger partial charge in [-0.05, 0) is 18.2 Å². The average Bonchev–Trinajstić information content (AvgIpc) is 3.01. The highest BCUT2D eigenvalue weighted by Gasteiger charge is 2.34. The molecule has 0 bridgehead atoms. The van der Waals surface area contributed by atoms with Crippen LogP contribution in [0.1, 0.15) is 5.69 Å². The Morgan fingerprint density at radius 1 is 1.19 bits per heavy atom. The fourth-order valence-electron chi connectivity index (χ4n) is 2.14. The number of piperazine rings is 1. The maximum absolute atomic E-state index is 13.0. The zero-order chi connectivity index (χ0) is 14.9. The molecule has 0 aromatic carbocycles. The van der Waals surface area contributed by atoms with Crippen LogP contribution in [0, 0.1) is 0 Å². The van der Waals surface area contributed by atoms with Crippen LogP contribution in [-0.2, 0) is 6.18 Å². The Hall–Kier alpha value is -2.09. The van der Waals surface area contributed by atoms with E-state index in [0.717, 1.165) is 6.07 Å². The van der Waals surface area contributed by atoms with Crippen molar-refractivity contribution < 1.29 is 17.6 Å². The van der Waals surface area contributed by atoms with E-state index in [4.69, 9.17) is 4.42 Å². The third-order valence-corrected chi connectivity index (χ3v) is 3.18. The van der Waals surface area contributed by atoms with Crippen LogP contribution in [0.5, 0.6) is 0 Å². The van der Waals surface area contributed by atoms with Gasteiger partial charge in [0, 0.05) is 26.2 Å². The first-order valence-electron chi connectivity index (χ1n) is 6.50. The predicted octanol–water partition coefficient (Wildman–Crippen LogP) is 2.17. The van der Waals surface area contributed by atoms with E-state index >= 15 is 0 Å². The molecule has 2 aromatic heterocycles. The molecule has 5 nitrogen and oxygen atoms in total. The van der Waals surface area contributed by atoms with E-state index in [1.54, 1.807) is 17.0 Å². The van der Waals surface area contributed by atoms with Crippen LogP contribution in [0.2, 0.25) is 0 Å². The Bertz CT molecular complexity index is 606. The van der Waals surface area contributed by atoms with E-state index in [1.807, 2.05) is 0 Å². The summed E-state index contributed by atoms with van der Waals surface area (Å²) in [6.45, 7) is 2.52. The minimum absolute atomic E-state index is 0.0812. The molecule has 1 saturated heterocycles. The van der Waals surface area contributed by atoms with Gasteiger partial charge in [-0.15, -0.1) is 0 Å². The molecular formula is C13H13F3N4O. The summed E-state index contributed by atoms with van der Waals surface area (Å²) >= 11 is 0. The van der Waals surface area contributed by atoms with Crippen molar-refractivity contribution in [2.45, 2.75) is 6.18 Å². The van der Waals surface area contributed by atoms with E-state index in [1.165, 1.54) is 6.26 Å². The van der Waals surface area contributed by atoms with E-state index in [2.05, 4.69) is 15.3 Å². The number of anilines is 1. The normalized spacial score (nSPS) is 16.2. The van der Waals surface area contributed by atoms with Crippen molar-refractivity contribution in [2.75, 3.05) is 31.1 Å². The second kappa shape index (κ2) is 5.36. The summed E-state index contributed by atoms with van der Waals surface area (Å²) in [7, 11) is 0. The molecule has 1 fully saturated rings. The number of hydrogen-bond donors (Lipinski definition) is 1. The molecular weight excluding hydrogens is 285 g/mol. The van der Waals surface area contributed by atoms with E-state index in [0.29, 0.717) is 31.9 Å². The van der Waals surface area contributed by atoms with Crippen LogP contribution in [0.25, 0.3) is 11.5 Å². The Morgan fingerprint density at radius 3 is 2.57 bits per heavy atom. The second-order valence-corrected chi connectivity index (χ2v) is 4.65. The lowest BCUT2D eigenvalue weighted by Gasteiger charge is -2.28. The molecule has 21 heavy (non-hydrogen) atoms. The minimum Gasteiger partial charge on any atom is -0.463 e. The van der Waals surface area contributed by atoms with Gasteiger partial charge in [-0.2, -0.15) is 13.2 Å². The van der Waals surface area contributed by atoms with Crippen LogP contribution >= 0.6 is 0 Å². The highest BCUT2D eigenvalue weighted by Crippen LogP contribution is 2.31. The van der Waals surface area contributed by atoms with Crippen molar-refractivity contribution >= 4 is 5.95 Å². The van der Waals surface area contributed by atoms with Crippen LogP contribution < -0.4 is 10.2 Å². The SMILES string of the molecule is FC(F)(F)c1cc(-c2ccco2)nc(N2CCNCC2)n1. The van der Waals surface area contributed by atoms with Crippen LogP contribution in [-0.4, -0.2) is 36.1 Å². The minimum atomic E-state index is -4.52. The molecule has 1 aliphatic heterocycles. The standard InChI is InChI=1S/C13H13F3N4O/c14-13(15,16)11-8-9(10-2-1-7-21-10)18-12(19-11)20-5-3-17-4-6-20/h1-2,7-8,17H,3-6H2. The lowest BCUT2D eigenvalue weighted by Crippen LogP contribution is -2.44. The molecule has 0 saturated carbocycles. The zero-order valence-electron chi connectivity index (χ0n) is 11.0. The lowest BCUT2D eigenvalue weighted by atomic mass is 10.2. The molecule has 0 radical (unpaired) electrons. The summed E-state index contributed by atoms with van der Waals surface area (Å²) in [5, 5.41) is 3.13. The first-order valence-corrected chi connectivity index (χ1v) is 6.50. The van der Waals surface area contributed by atoms with Crippen LogP contribution in [0.4, 0.5) is 19.1 Å². The number of halogens is 3. The predicted molar refractivity (Wildman–Crippen MR) is 69.8 cm³/mol. The number of alkyl halides is 3. The number of nitrogens with one attached hydrogen (secondary N) is 1. The highest BCUT2D eigenvalue weighted by atomic mass is 19.4. The van der Waals surface area contributed by atoms with Gasteiger partial charge in [-0.3, -0.25) is 0 Å². The molecule has 2 aromatic rings. The Labute approximate surface area is 118 Å². The van der Waals surface area contributed by atoms with Crippen LogP contribution in [0.15, 0.2) is 28.9 Å². The monoisotopic (exact) mass is 298 g/mol. The lowest BCUT2D eigenvalue weighted by molar-refractivity contribution is -0.141. The topological polar surface area (TPSA) is 54.2 Å². The first-order chi connectivity index (χ1) is 10.0. The molecule has 0 unspecified atom stereocenters. The van der Waals surface area contributed by atoms with Crippen LogP contribution in [0.3, 0.4) is 0 Å². The van der Waals surface area contributed by atoms with Crippen molar-refractivity contribution in [2.24, 2.45) is 0 Å². The van der Waals surface area contributed by atoms with Crippen molar-refractivity contribution in [3.05, 3.63) is 30.2 Å². The Morgan fingerprint density at radius 2 is 1.95 bits per heavy atom. The van der Waals surface area contributed by atoms with Gasteiger partial charge < -0.3 is 14.6 Å². The maximum atomic E-state index is 13.0. The fourth-order valence-corrected chi connectivity index (χ4v) is 2.14. The van der Waals surface area contributed by atoms with Gasteiger partial charge in [0.1, 0.15) is 5.69 Å². The summed E-state index contributed by atoms with van der Waals surface area (Å²) < 4.78 is 44.2. The molecule has 0 aliphatic carbocycles. The number of rotatable bonds is 2. The van der Waals surface area contributed by atoms with E-state index in [-0.39, 0.29) is 11.6 Å². The summed E-state index contributed by atoms with van der Waals surface area (Å²) in [4.78, 5) is 9.60. The van der Waals surface area contributed by atoms with Crippen molar-refractivity contribution in [1.82, 2.24) is 15.3 Å². The second-order valence-electron chi connectivity index (χ2n) is 4.65. The number of furan rings is 1. The zero-order valence-corrected chi connectivity index (χ0v) is 11.0. The smallest absolute Gasteiger partial charge is 0.433 e. The summed E-state index contributed by atoms with van der Waals surface area (Å²) in [6.07, 6.45) is -3.12. The third-order valence-electron chi connectivity index (χ3n) is 3.18. The molecule has 1 N–H and O–H groups in total. The summed E-state index contributed by atoms with van der Waals surface area (Å²) in [6, 6.07) is 4.09. The maximum Gasteiger partial charge on any atom is 0.433 e. The molecule has 0 amide bonds. The van der Waals surface area contributed by atoms with Gasteiger partial charge >= 0.3 is 6.18 Å². The van der Waals surface area contributed by atoms with Gasteiger partial charge in [0.15, 0.2) is 11.5 Å². The summed E-state index contributed by atoms with van der Waals surface area (Å²) in [5.41, 5.74) is -0.826. The van der Waals surface area contributed by atoms with Crippen molar-refractivity contribution in [1.29, 1.82) is 0 Å². The van der Waals surface area contributed by atoms with E-state index in [9.17, 15) is 13.2 Å². The van der Waals surface area contributed by atoms with Crippen molar-refractivity contribution in [3.8, 4) is 11.5 Å². The van der Waals surface area contributed by atoms with Gasteiger partial charge in [0.05, 0.1) is 6.26 Å². The summed E-state index contributed by atoms with van der Waals surface area (Å²) in [5.74, 6) is 0.372. The van der Waals surface area contributed by atoms with Gasteiger partial charge in [-0.1, -0.05) is 0 Å². The number of hydrogen-bond acceptors (Lipinski definition) is 5. The average molecular weight is 298 g/mol. The molecule has 112 valence electrons. The molecule has 3 heterocycles. The van der Waals surface area contributed by atoms with Crippen molar-refractivity contribution in [3.63, 3.8) is 0 Å². The fraction of sp³-hybridized carbons (Fsp3) is 0.385. The largest absolute Gasteiger partial charge is 0.463 e. The quantitative estimate of drug-likeness (QED) is 0.921. The third kappa shape index (κ3) is 2.99. The Kier molecular flexibility index (Phi) is 3.54. The molecule has 1 aliphatic rings. The molecule has 3 rings (SSSR count). The van der Waals surface area contributed by atoms with Gasteiger partial charge in [0.2, 0.25) is 5.95 Å². The number of nitrogens with zero attached hydrogens (tertiary/aromatic N) is 3. The molecule has 0 atom stereocenters.